The highest BCUT2D eigenvalue weighted by Gasteiger charge is 2.46. The van der Waals surface area contributed by atoms with Crippen molar-refractivity contribution in [3.8, 4) is 11.5 Å². The molecular weight excluding hydrogens is 276 g/mol. The minimum atomic E-state index is -0.290. The fourth-order valence-electron chi connectivity index (χ4n) is 4.14. The lowest BCUT2D eigenvalue weighted by molar-refractivity contribution is -0.124. The van der Waals surface area contributed by atoms with E-state index in [1.165, 1.54) is 22.3 Å². The zero-order valence-corrected chi connectivity index (χ0v) is 13.3. The smallest absolute Gasteiger partial charge is 0.146 e. The summed E-state index contributed by atoms with van der Waals surface area (Å²) >= 11 is 0. The van der Waals surface area contributed by atoms with Crippen LogP contribution >= 0.6 is 0 Å². The molecule has 0 N–H and O–H groups in total. The van der Waals surface area contributed by atoms with E-state index in [1.54, 1.807) is 7.11 Å². The highest BCUT2D eigenvalue weighted by molar-refractivity contribution is 5.97. The van der Waals surface area contributed by atoms with E-state index in [1.807, 2.05) is 13.0 Å². The topological polar surface area (TPSA) is 35.5 Å². The molecule has 4 rings (SSSR count). The summed E-state index contributed by atoms with van der Waals surface area (Å²) in [5, 5.41) is 0. The molecule has 22 heavy (non-hydrogen) atoms. The number of rotatable bonds is 1. The largest absolute Gasteiger partial charge is 0.496 e. The van der Waals surface area contributed by atoms with Gasteiger partial charge in [-0.15, -0.1) is 0 Å². The molecule has 0 fully saturated rings. The fourth-order valence-corrected chi connectivity index (χ4v) is 4.14. The van der Waals surface area contributed by atoms with E-state index in [0.29, 0.717) is 18.8 Å². The molecule has 0 aromatic heterocycles. The third kappa shape index (κ3) is 1.59. The highest BCUT2D eigenvalue weighted by atomic mass is 16.5. The van der Waals surface area contributed by atoms with Gasteiger partial charge in [-0.25, -0.2) is 0 Å². The van der Waals surface area contributed by atoms with E-state index in [2.05, 4.69) is 19.1 Å². The minimum Gasteiger partial charge on any atom is -0.496 e. The second-order valence-corrected chi connectivity index (χ2v) is 6.59. The van der Waals surface area contributed by atoms with Gasteiger partial charge in [0.15, 0.2) is 0 Å². The molecule has 1 aromatic carbocycles. The Morgan fingerprint density at radius 3 is 2.86 bits per heavy atom. The van der Waals surface area contributed by atoms with Gasteiger partial charge < -0.3 is 9.47 Å². The first-order valence-corrected chi connectivity index (χ1v) is 7.83. The summed E-state index contributed by atoms with van der Waals surface area (Å²) in [6.07, 6.45) is 4.52. The SMILES string of the molecule is COc1ccc2c(c1C)OCC1=C2CC[C@]2(C)C(=O)CC=C12. The Morgan fingerprint density at radius 2 is 2.09 bits per heavy atom. The van der Waals surface area contributed by atoms with Gasteiger partial charge in [0.25, 0.3) is 0 Å². The number of ketones is 1. The number of benzene rings is 1. The molecule has 0 unspecified atom stereocenters. The third-order valence-electron chi connectivity index (χ3n) is 5.53. The van der Waals surface area contributed by atoms with Gasteiger partial charge in [-0.05, 0) is 55.5 Å². The van der Waals surface area contributed by atoms with Gasteiger partial charge in [0.2, 0.25) is 0 Å². The second kappa shape index (κ2) is 4.48. The monoisotopic (exact) mass is 296 g/mol. The third-order valence-corrected chi connectivity index (χ3v) is 5.53. The van der Waals surface area contributed by atoms with E-state index < -0.39 is 0 Å². The molecule has 114 valence electrons. The second-order valence-electron chi connectivity index (χ2n) is 6.59. The summed E-state index contributed by atoms with van der Waals surface area (Å²) in [5.74, 6) is 2.15. The van der Waals surface area contributed by atoms with Gasteiger partial charge in [0.05, 0.1) is 12.5 Å². The molecule has 1 aliphatic heterocycles. The van der Waals surface area contributed by atoms with Crippen molar-refractivity contribution in [3.63, 3.8) is 0 Å². The lowest BCUT2D eigenvalue weighted by Gasteiger charge is -2.37. The van der Waals surface area contributed by atoms with Crippen molar-refractivity contribution >= 4 is 11.4 Å². The average Bonchev–Trinajstić information content (AvgIpc) is 2.83. The lowest BCUT2D eigenvalue weighted by Crippen LogP contribution is -2.32. The Kier molecular flexibility index (Phi) is 2.77. The predicted octanol–water partition coefficient (Wildman–Crippen LogP) is 3.85. The standard InChI is InChI=1S/C19H20O3/c1-11-16(21-3)6-4-13-12-8-9-19(2)15(5-7-17(19)20)14(12)10-22-18(11)13/h4-6H,7-10H2,1-3H3/t19-/m0/s1. The summed E-state index contributed by atoms with van der Waals surface area (Å²) in [4.78, 5) is 12.3. The number of hydrogen-bond acceptors (Lipinski definition) is 3. The zero-order valence-electron chi connectivity index (χ0n) is 13.3. The van der Waals surface area contributed by atoms with E-state index >= 15 is 0 Å². The molecule has 1 aromatic rings. The van der Waals surface area contributed by atoms with E-state index in [-0.39, 0.29) is 5.41 Å². The molecule has 0 saturated heterocycles. The van der Waals surface area contributed by atoms with Crippen molar-refractivity contribution in [3.05, 3.63) is 40.5 Å². The molecule has 3 heteroatoms. The number of carbonyl (C=O) groups excluding carboxylic acids is 1. The van der Waals surface area contributed by atoms with Gasteiger partial charge in [-0.3, -0.25) is 4.79 Å². The summed E-state index contributed by atoms with van der Waals surface area (Å²) in [6, 6.07) is 4.10. The van der Waals surface area contributed by atoms with Crippen molar-refractivity contribution in [2.45, 2.75) is 33.1 Å². The quantitative estimate of drug-likeness (QED) is 0.789. The van der Waals surface area contributed by atoms with Crippen LogP contribution in [0.1, 0.15) is 37.3 Å². The molecule has 0 radical (unpaired) electrons. The maximum absolute atomic E-state index is 12.3. The first-order valence-electron chi connectivity index (χ1n) is 7.83. The minimum absolute atomic E-state index is 0.290. The van der Waals surface area contributed by atoms with Crippen LogP contribution in [0.15, 0.2) is 29.4 Å². The number of methoxy groups -OCH3 is 1. The van der Waals surface area contributed by atoms with Gasteiger partial charge >= 0.3 is 0 Å². The molecule has 1 heterocycles. The molecule has 1 atom stereocenters. The van der Waals surface area contributed by atoms with Crippen LogP contribution < -0.4 is 9.47 Å². The highest BCUT2D eigenvalue weighted by Crippen LogP contribution is 2.54. The van der Waals surface area contributed by atoms with Gasteiger partial charge in [-0.2, -0.15) is 0 Å². The molecule has 0 bridgehead atoms. The molecule has 2 aliphatic carbocycles. The van der Waals surface area contributed by atoms with Crippen LogP contribution in [-0.4, -0.2) is 19.5 Å². The Hall–Kier alpha value is -2.03. The molecule has 0 spiro atoms. The van der Waals surface area contributed by atoms with Crippen LogP contribution in [0.5, 0.6) is 11.5 Å². The summed E-state index contributed by atoms with van der Waals surface area (Å²) in [5.41, 5.74) is 5.72. The fraction of sp³-hybridized carbons (Fsp3) is 0.421. The van der Waals surface area contributed by atoms with Crippen LogP contribution in [0.4, 0.5) is 0 Å². The van der Waals surface area contributed by atoms with Crippen molar-refractivity contribution in [2.75, 3.05) is 13.7 Å². The maximum atomic E-state index is 12.3. The molecule has 0 saturated carbocycles. The Balaban J connectivity index is 1.88. The number of ether oxygens (including phenoxy) is 2. The van der Waals surface area contributed by atoms with Gasteiger partial charge in [-0.1, -0.05) is 6.08 Å². The first-order chi connectivity index (χ1) is 10.6. The van der Waals surface area contributed by atoms with Crippen LogP contribution in [0.2, 0.25) is 0 Å². The van der Waals surface area contributed by atoms with Crippen molar-refractivity contribution in [1.82, 2.24) is 0 Å². The van der Waals surface area contributed by atoms with Gasteiger partial charge in [0, 0.05) is 17.5 Å². The summed E-state index contributed by atoms with van der Waals surface area (Å²) in [7, 11) is 1.68. The number of carbonyl (C=O) groups is 1. The number of hydrogen-bond donors (Lipinski definition) is 0. The number of allylic oxidation sites excluding steroid dienone is 2. The van der Waals surface area contributed by atoms with Crippen molar-refractivity contribution in [1.29, 1.82) is 0 Å². The first kappa shape index (κ1) is 13.6. The maximum Gasteiger partial charge on any atom is 0.146 e. The molecule has 3 aliphatic rings. The van der Waals surface area contributed by atoms with Crippen LogP contribution in [0.25, 0.3) is 5.57 Å². The predicted molar refractivity (Wildman–Crippen MR) is 85.2 cm³/mol. The Morgan fingerprint density at radius 1 is 1.27 bits per heavy atom. The van der Waals surface area contributed by atoms with Crippen molar-refractivity contribution < 1.29 is 14.3 Å². The number of Topliss-reactive ketones (excluding diaryl/α,β-unsaturated/α-hetero) is 1. The van der Waals surface area contributed by atoms with Crippen molar-refractivity contribution in [2.24, 2.45) is 5.41 Å². The Labute approximate surface area is 130 Å². The molecule has 3 nitrogen and oxygen atoms in total. The van der Waals surface area contributed by atoms with Crippen LogP contribution in [0.3, 0.4) is 0 Å². The van der Waals surface area contributed by atoms with E-state index in [4.69, 9.17) is 9.47 Å². The molecule has 0 amide bonds. The van der Waals surface area contributed by atoms with Crippen LogP contribution in [0, 0.1) is 12.3 Å². The van der Waals surface area contributed by atoms with E-state index in [0.717, 1.165) is 29.9 Å². The summed E-state index contributed by atoms with van der Waals surface area (Å²) in [6.45, 7) is 4.69. The number of fused-ring (bicyclic) bond motifs is 4. The normalized spacial score (nSPS) is 26.0. The Bertz CT molecular complexity index is 754. The summed E-state index contributed by atoms with van der Waals surface area (Å²) < 4.78 is 11.5. The average molecular weight is 296 g/mol. The van der Waals surface area contributed by atoms with E-state index in [9.17, 15) is 4.79 Å². The zero-order chi connectivity index (χ0) is 15.5. The van der Waals surface area contributed by atoms with Crippen LogP contribution in [-0.2, 0) is 4.79 Å². The lowest BCUT2D eigenvalue weighted by atomic mass is 9.68. The molecular formula is C19H20O3. The van der Waals surface area contributed by atoms with Gasteiger partial charge in [0.1, 0.15) is 23.9 Å².